The van der Waals surface area contributed by atoms with Gasteiger partial charge in [-0.3, -0.25) is 0 Å². The van der Waals surface area contributed by atoms with Crippen molar-refractivity contribution < 1.29 is 4.74 Å². The number of ether oxygens (including phenoxy) is 1. The van der Waals surface area contributed by atoms with Crippen molar-refractivity contribution in [3.63, 3.8) is 0 Å². The van der Waals surface area contributed by atoms with Gasteiger partial charge in [0.15, 0.2) is 0 Å². The molecule has 0 N–H and O–H groups in total. The molecule has 0 aliphatic carbocycles. The summed E-state index contributed by atoms with van der Waals surface area (Å²) in [4.78, 5) is 0. The van der Waals surface area contributed by atoms with Crippen LogP contribution in [0.3, 0.4) is 0 Å². The largest absolute Gasteiger partial charge is 0.379 e. The summed E-state index contributed by atoms with van der Waals surface area (Å²) < 4.78 is 5.40. The second-order valence-corrected chi connectivity index (χ2v) is 5.50. The fourth-order valence-electron chi connectivity index (χ4n) is 1.94. The summed E-state index contributed by atoms with van der Waals surface area (Å²) in [5.41, 5.74) is 0.0647. The maximum Gasteiger partial charge on any atom is 0.0622 e. The number of unbranched alkanes of at least 4 members (excludes halogenated alkanes) is 8. The molecule has 0 fully saturated rings. The Balaban J connectivity index is 3.12. The van der Waals surface area contributed by atoms with Crippen molar-refractivity contribution in [2.75, 3.05) is 7.11 Å². The van der Waals surface area contributed by atoms with E-state index < -0.39 is 0 Å². The van der Waals surface area contributed by atoms with Crippen molar-refractivity contribution in [1.29, 1.82) is 0 Å². The van der Waals surface area contributed by atoms with E-state index in [0.717, 1.165) is 6.42 Å². The smallest absolute Gasteiger partial charge is 0.0622 e. The molecule has 0 unspecified atom stereocenters. The maximum absolute atomic E-state index is 5.40. The third-order valence-corrected chi connectivity index (χ3v) is 3.40. The predicted molar refractivity (Wildman–Crippen MR) is 76.1 cm³/mol. The van der Waals surface area contributed by atoms with Crippen molar-refractivity contribution in [3.05, 3.63) is 0 Å². The van der Waals surface area contributed by atoms with Gasteiger partial charge < -0.3 is 4.74 Å². The van der Waals surface area contributed by atoms with Crippen LogP contribution in [-0.4, -0.2) is 12.7 Å². The zero-order valence-corrected chi connectivity index (χ0v) is 12.1. The standard InChI is InChI=1S/C16H30O/c1-5-6-7-8-9-10-11-12-13-14-15-16(2,3)17-4/h1H,6-15H2,2-4H3. The lowest BCUT2D eigenvalue weighted by molar-refractivity contribution is 0.0134. The van der Waals surface area contributed by atoms with Gasteiger partial charge in [0.05, 0.1) is 5.60 Å². The van der Waals surface area contributed by atoms with E-state index in [1.54, 1.807) is 7.11 Å². The van der Waals surface area contributed by atoms with Crippen LogP contribution < -0.4 is 0 Å². The highest BCUT2D eigenvalue weighted by atomic mass is 16.5. The summed E-state index contributed by atoms with van der Waals surface area (Å²) in [6.45, 7) is 4.33. The summed E-state index contributed by atoms with van der Waals surface area (Å²) in [6.07, 6.45) is 18.0. The minimum absolute atomic E-state index is 0.0647. The highest BCUT2D eigenvalue weighted by Gasteiger charge is 2.14. The Labute approximate surface area is 108 Å². The van der Waals surface area contributed by atoms with E-state index in [1.807, 2.05) is 0 Å². The summed E-state index contributed by atoms with van der Waals surface area (Å²) in [6, 6.07) is 0. The molecule has 0 aliphatic rings. The van der Waals surface area contributed by atoms with Crippen molar-refractivity contribution in [3.8, 4) is 12.3 Å². The quantitative estimate of drug-likeness (QED) is 0.366. The van der Waals surface area contributed by atoms with Gasteiger partial charge in [0.2, 0.25) is 0 Å². The Morgan fingerprint density at radius 2 is 1.35 bits per heavy atom. The lowest BCUT2D eigenvalue weighted by Gasteiger charge is -2.22. The van der Waals surface area contributed by atoms with E-state index in [9.17, 15) is 0 Å². The molecule has 0 radical (unpaired) electrons. The van der Waals surface area contributed by atoms with Gasteiger partial charge in [-0.15, -0.1) is 12.3 Å². The molecule has 0 saturated heterocycles. The molecule has 0 aromatic heterocycles. The van der Waals surface area contributed by atoms with Crippen LogP contribution in [0.5, 0.6) is 0 Å². The summed E-state index contributed by atoms with van der Waals surface area (Å²) in [5.74, 6) is 2.69. The fraction of sp³-hybridized carbons (Fsp3) is 0.875. The molecule has 0 heterocycles. The normalized spacial score (nSPS) is 11.4. The fourth-order valence-corrected chi connectivity index (χ4v) is 1.94. The highest BCUT2D eigenvalue weighted by molar-refractivity contribution is 4.82. The molecule has 0 amide bonds. The SMILES string of the molecule is C#CCCCCCCCCCCC(C)(C)OC. The third kappa shape index (κ3) is 11.8. The van der Waals surface area contributed by atoms with Crippen LogP contribution in [-0.2, 0) is 4.74 Å². The van der Waals surface area contributed by atoms with Gasteiger partial charge in [0.1, 0.15) is 0 Å². The van der Waals surface area contributed by atoms with Gasteiger partial charge in [-0.1, -0.05) is 44.9 Å². The first-order valence-corrected chi connectivity index (χ1v) is 7.11. The monoisotopic (exact) mass is 238 g/mol. The molecule has 0 aromatic rings. The minimum Gasteiger partial charge on any atom is -0.379 e. The van der Waals surface area contributed by atoms with Crippen molar-refractivity contribution in [2.45, 2.75) is 83.7 Å². The minimum atomic E-state index is 0.0647. The lowest BCUT2D eigenvalue weighted by atomic mass is 9.99. The molecule has 0 aromatic carbocycles. The first-order valence-electron chi connectivity index (χ1n) is 7.11. The van der Waals surface area contributed by atoms with Gasteiger partial charge in [0, 0.05) is 13.5 Å². The zero-order chi connectivity index (χ0) is 13.0. The number of terminal acetylenes is 1. The Morgan fingerprint density at radius 1 is 0.882 bits per heavy atom. The molecular formula is C16H30O. The first kappa shape index (κ1) is 16.5. The maximum atomic E-state index is 5.40. The Kier molecular flexibility index (Phi) is 10.4. The van der Waals surface area contributed by atoms with Crippen molar-refractivity contribution in [1.82, 2.24) is 0 Å². The molecule has 0 saturated carbocycles. The number of methoxy groups -OCH3 is 1. The van der Waals surface area contributed by atoms with Crippen molar-refractivity contribution in [2.24, 2.45) is 0 Å². The topological polar surface area (TPSA) is 9.23 Å². The second kappa shape index (κ2) is 10.7. The molecule has 100 valence electrons. The van der Waals surface area contributed by atoms with E-state index in [2.05, 4.69) is 19.8 Å². The molecule has 1 heteroatoms. The number of hydrogen-bond donors (Lipinski definition) is 0. The molecule has 0 rings (SSSR count). The van der Waals surface area contributed by atoms with E-state index >= 15 is 0 Å². The Morgan fingerprint density at radius 3 is 1.82 bits per heavy atom. The molecule has 1 nitrogen and oxygen atoms in total. The molecule has 0 bridgehead atoms. The van der Waals surface area contributed by atoms with Gasteiger partial charge in [-0.05, 0) is 26.7 Å². The van der Waals surface area contributed by atoms with Crippen LogP contribution in [0.2, 0.25) is 0 Å². The van der Waals surface area contributed by atoms with E-state index in [-0.39, 0.29) is 5.60 Å². The van der Waals surface area contributed by atoms with Crippen LogP contribution in [0.15, 0.2) is 0 Å². The summed E-state index contributed by atoms with van der Waals surface area (Å²) in [5, 5.41) is 0. The van der Waals surface area contributed by atoms with Crippen LogP contribution >= 0.6 is 0 Å². The highest BCUT2D eigenvalue weighted by Crippen LogP contribution is 2.18. The molecule has 0 aliphatic heterocycles. The van der Waals surface area contributed by atoms with Crippen LogP contribution in [0.1, 0.15) is 78.1 Å². The third-order valence-electron chi connectivity index (χ3n) is 3.40. The average Bonchev–Trinajstić information content (AvgIpc) is 2.31. The molecule has 0 atom stereocenters. The van der Waals surface area contributed by atoms with Gasteiger partial charge in [-0.25, -0.2) is 0 Å². The first-order chi connectivity index (χ1) is 8.12. The van der Waals surface area contributed by atoms with Gasteiger partial charge in [-0.2, -0.15) is 0 Å². The van der Waals surface area contributed by atoms with Gasteiger partial charge >= 0.3 is 0 Å². The van der Waals surface area contributed by atoms with Crippen LogP contribution in [0.25, 0.3) is 0 Å². The number of rotatable bonds is 11. The summed E-state index contributed by atoms with van der Waals surface area (Å²) >= 11 is 0. The predicted octanol–water partition coefficient (Wildman–Crippen LogP) is 4.95. The zero-order valence-electron chi connectivity index (χ0n) is 12.1. The number of hydrogen-bond acceptors (Lipinski definition) is 1. The average molecular weight is 238 g/mol. The molecule has 0 spiro atoms. The Hall–Kier alpha value is -0.480. The van der Waals surface area contributed by atoms with E-state index in [0.29, 0.717) is 0 Å². The lowest BCUT2D eigenvalue weighted by Crippen LogP contribution is -2.21. The summed E-state index contributed by atoms with van der Waals surface area (Å²) in [7, 11) is 1.80. The molecule has 17 heavy (non-hydrogen) atoms. The van der Waals surface area contributed by atoms with Crippen LogP contribution in [0, 0.1) is 12.3 Å². The Bertz CT molecular complexity index is 200. The van der Waals surface area contributed by atoms with Gasteiger partial charge in [0.25, 0.3) is 0 Å². The van der Waals surface area contributed by atoms with E-state index in [1.165, 1.54) is 57.8 Å². The van der Waals surface area contributed by atoms with E-state index in [4.69, 9.17) is 11.2 Å². The van der Waals surface area contributed by atoms with Crippen LogP contribution in [0.4, 0.5) is 0 Å². The van der Waals surface area contributed by atoms with Crippen molar-refractivity contribution >= 4 is 0 Å². The second-order valence-electron chi connectivity index (χ2n) is 5.50. The molecular weight excluding hydrogens is 208 g/mol.